The molecule has 2 aromatic rings. The van der Waals surface area contributed by atoms with Crippen LogP contribution in [0.3, 0.4) is 0 Å². The van der Waals surface area contributed by atoms with Crippen LogP contribution in [0.1, 0.15) is 36.5 Å². The number of unbranched alkanes of at least 4 members (excludes halogenated alkanes) is 1. The second-order valence-corrected chi connectivity index (χ2v) is 8.34. The molecule has 1 aliphatic rings. The van der Waals surface area contributed by atoms with Gasteiger partial charge >= 0.3 is 5.97 Å². The maximum absolute atomic E-state index is 11.3. The Balaban J connectivity index is 0.00000363. The summed E-state index contributed by atoms with van der Waals surface area (Å²) >= 11 is 0. The normalized spacial score (nSPS) is 14.1. The van der Waals surface area contributed by atoms with Gasteiger partial charge in [0.2, 0.25) is 0 Å². The molecule has 0 radical (unpaired) electrons. The number of nitrogens with two attached hydrogens (primary N) is 1. The van der Waals surface area contributed by atoms with E-state index in [1.165, 1.54) is 12.6 Å². The van der Waals surface area contributed by atoms with Crippen LogP contribution >= 0.6 is 12.4 Å². The number of benzene rings is 2. The van der Waals surface area contributed by atoms with Gasteiger partial charge in [0.05, 0.1) is 6.61 Å². The molecule has 3 rings (SSSR count). The van der Waals surface area contributed by atoms with Crippen molar-refractivity contribution < 1.29 is 14.3 Å². The maximum atomic E-state index is 11.3. The molecule has 1 aliphatic heterocycles. The number of halogens is 1. The number of anilines is 2. The van der Waals surface area contributed by atoms with Crippen molar-refractivity contribution in [2.24, 2.45) is 0 Å². The Morgan fingerprint density at radius 2 is 1.66 bits per heavy atom. The molecule has 7 heteroatoms. The van der Waals surface area contributed by atoms with Crippen molar-refractivity contribution in [1.29, 1.82) is 0 Å². The van der Waals surface area contributed by atoms with E-state index >= 15 is 0 Å². The molecule has 176 valence electrons. The van der Waals surface area contributed by atoms with E-state index in [4.69, 9.17) is 15.2 Å². The van der Waals surface area contributed by atoms with E-state index < -0.39 is 0 Å². The third-order valence-corrected chi connectivity index (χ3v) is 5.98. The van der Waals surface area contributed by atoms with Crippen LogP contribution in [0.2, 0.25) is 0 Å². The quantitative estimate of drug-likeness (QED) is 0.270. The van der Waals surface area contributed by atoms with Crippen molar-refractivity contribution >= 4 is 29.8 Å². The van der Waals surface area contributed by atoms with Crippen molar-refractivity contribution in [2.45, 2.75) is 40.5 Å². The summed E-state index contributed by atoms with van der Waals surface area (Å²) in [5.74, 6) is 1.23. The van der Waals surface area contributed by atoms with E-state index in [-0.39, 0.29) is 18.4 Å². The molecule has 0 unspecified atom stereocenters. The molecule has 1 fully saturated rings. The minimum Gasteiger partial charge on any atom is -0.493 e. The lowest BCUT2D eigenvalue weighted by molar-refractivity contribution is -0.131. The highest BCUT2D eigenvalue weighted by Gasteiger charge is 2.17. The number of rotatable bonds is 8. The van der Waals surface area contributed by atoms with Gasteiger partial charge in [0, 0.05) is 44.5 Å². The van der Waals surface area contributed by atoms with Crippen LogP contribution in [-0.2, 0) is 4.79 Å². The zero-order chi connectivity index (χ0) is 22.4. The van der Waals surface area contributed by atoms with Gasteiger partial charge in [-0.1, -0.05) is 0 Å². The van der Waals surface area contributed by atoms with E-state index in [1.807, 2.05) is 39.0 Å². The van der Waals surface area contributed by atoms with Crippen molar-refractivity contribution in [2.75, 3.05) is 50.0 Å². The fraction of sp³-hybridized carbons (Fsp3) is 0.480. The number of nitrogen functional groups attached to an aromatic ring is 1. The van der Waals surface area contributed by atoms with Crippen LogP contribution < -0.4 is 20.1 Å². The third-order valence-electron chi connectivity index (χ3n) is 5.98. The lowest BCUT2D eigenvalue weighted by atomic mass is 10.0. The van der Waals surface area contributed by atoms with Crippen LogP contribution in [0.15, 0.2) is 30.3 Å². The fourth-order valence-electron chi connectivity index (χ4n) is 4.01. The molecule has 0 aliphatic carbocycles. The molecule has 1 saturated heterocycles. The molecule has 0 aromatic heterocycles. The molecule has 0 spiro atoms. The summed E-state index contributed by atoms with van der Waals surface area (Å²) < 4.78 is 11.4. The van der Waals surface area contributed by atoms with Crippen LogP contribution in [0, 0.1) is 20.8 Å². The average Bonchev–Trinajstić information content (AvgIpc) is 2.75. The fourth-order valence-corrected chi connectivity index (χ4v) is 4.01. The number of hydrogen-bond donors (Lipinski definition) is 1. The zero-order valence-electron chi connectivity index (χ0n) is 19.6. The number of ether oxygens (including phenoxy) is 2. The topological polar surface area (TPSA) is 68.0 Å². The number of carbonyl (C=O) groups is 1. The summed E-state index contributed by atoms with van der Waals surface area (Å²) in [4.78, 5) is 16.3. The molecule has 0 bridgehead atoms. The molecule has 2 N–H and O–H groups in total. The number of esters is 1. The van der Waals surface area contributed by atoms with E-state index in [9.17, 15) is 4.79 Å². The predicted octanol–water partition coefficient (Wildman–Crippen LogP) is 4.52. The van der Waals surface area contributed by atoms with Crippen molar-refractivity contribution in [3.05, 3.63) is 47.0 Å². The molecule has 6 nitrogen and oxygen atoms in total. The SMILES string of the molecule is CC(=O)Oc1c(C)cc(OCCCCN2CCN(c3ccc(N)cc3)CC2)c(C)c1C.Cl. The smallest absolute Gasteiger partial charge is 0.308 e. The number of aryl methyl sites for hydroxylation is 1. The Morgan fingerprint density at radius 1 is 1.00 bits per heavy atom. The summed E-state index contributed by atoms with van der Waals surface area (Å²) in [5, 5.41) is 0. The standard InChI is InChI=1S/C25H35N3O3.ClH/c1-18-17-24(19(2)20(3)25(18)31-21(4)29)30-16-6-5-11-27-12-14-28(15-13-27)23-9-7-22(26)8-10-23;/h7-10,17H,5-6,11-16,26H2,1-4H3;1H. The van der Waals surface area contributed by atoms with Crippen molar-refractivity contribution in [3.63, 3.8) is 0 Å². The van der Waals surface area contributed by atoms with E-state index in [0.717, 1.165) is 73.7 Å². The monoisotopic (exact) mass is 461 g/mol. The van der Waals surface area contributed by atoms with Gasteiger partial charge in [0.15, 0.2) is 0 Å². The number of piperazine rings is 1. The minimum absolute atomic E-state index is 0. The highest BCUT2D eigenvalue weighted by molar-refractivity contribution is 5.85. The van der Waals surface area contributed by atoms with Gasteiger partial charge in [-0.15, -0.1) is 12.4 Å². The number of hydrogen-bond acceptors (Lipinski definition) is 6. The van der Waals surface area contributed by atoms with Gasteiger partial charge in [-0.3, -0.25) is 9.69 Å². The van der Waals surface area contributed by atoms with Crippen molar-refractivity contribution in [3.8, 4) is 11.5 Å². The molecule has 1 heterocycles. The molecule has 32 heavy (non-hydrogen) atoms. The van der Waals surface area contributed by atoms with Crippen LogP contribution in [0.5, 0.6) is 11.5 Å². The Bertz CT molecular complexity index is 894. The molecule has 0 saturated carbocycles. The highest BCUT2D eigenvalue weighted by Crippen LogP contribution is 2.33. The lowest BCUT2D eigenvalue weighted by Crippen LogP contribution is -2.46. The Morgan fingerprint density at radius 3 is 2.28 bits per heavy atom. The first-order valence-corrected chi connectivity index (χ1v) is 11.1. The molecule has 2 aromatic carbocycles. The Kier molecular flexibility index (Phi) is 9.66. The molecular formula is C25H36ClN3O3. The highest BCUT2D eigenvalue weighted by atomic mass is 35.5. The predicted molar refractivity (Wildman–Crippen MR) is 133 cm³/mol. The molecule has 0 atom stereocenters. The largest absolute Gasteiger partial charge is 0.493 e. The van der Waals surface area contributed by atoms with Gasteiger partial charge in [-0.05, 0) is 87.2 Å². The van der Waals surface area contributed by atoms with Crippen LogP contribution in [0.25, 0.3) is 0 Å². The van der Waals surface area contributed by atoms with Gasteiger partial charge in [-0.25, -0.2) is 0 Å². The van der Waals surface area contributed by atoms with Crippen LogP contribution in [-0.4, -0.2) is 50.2 Å². The van der Waals surface area contributed by atoms with Gasteiger partial charge < -0.3 is 20.1 Å². The number of nitrogens with zero attached hydrogens (tertiary/aromatic N) is 2. The number of carbonyl (C=O) groups excluding carboxylic acids is 1. The van der Waals surface area contributed by atoms with Gasteiger partial charge in [0.25, 0.3) is 0 Å². The zero-order valence-corrected chi connectivity index (χ0v) is 20.5. The third kappa shape index (κ3) is 6.78. The lowest BCUT2D eigenvalue weighted by Gasteiger charge is -2.36. The first kappa shape index (κ1) is 25.8. The summed E-state index contributed by atoms with van der Waals surface area (Å²) in [7, 11) is 0. The summed E-state index contributed by atoms with van der Waals surface area (Å²) in [6.07, 6.45) is 2.13. The second-order valence-electron chi connectivity index (χ2n) is 8.34. The van der Waals surface area contributed by atoms with E-state index in [2.05, 4.69) is 21.9 Å². The Hall–Kier alpha value is -2.44. The second kappa shape index (κ2) is 12.0. The minimum atomic E-state index is -0.298. The van der Waals surface area contributed by atoms with Gasteiger partial charge in [-0.2, -0.15) is 0 Å². The average molecular weight is 462 g/mol. The maximum Gasteiger partial charge on any atom is 0.308 e. The molecule has 0 amide bonds. The molecular weight excluding hydrogens is 426 g/mol. The van der Waals surface area contributed by atoms with Crippen molar-refractivity contribution in [1.82, 2.24) is 4.90 Å². The summed E-state index contributed by atoms with van der Waals surface area (Å²) in [5.41, 5.74) is 10.8. The van der Waals surface area contributed by atoms with Gasteiger partial charge in [0.1, 0.15) is 11.5 Å². The van der Waals surface area contributed by atoms with E-state index in [0.29, 0.717) is 12.4 Å². The van der Waals surface area contributed by atoms with Crippen LogP contribution in [0.4, 0.5) is 11.4 Å². The van der Waals surface area contributed by atoms with E-state index in [1.54, 1.807) is 0 Å². The first-order valence-electron chi connectivity index (χ1n) is 11.1. The summed E-state index contributed by atoms with van der Waals surface area (Å²) in [6.45, 7) is 13.4. The first-order chi connectivity index (χ1) is 14.8. The Labute approximate surface area is 198 Å². The summed E-state index contributed by atoms with van der Waals surface area (Å²) in [6, 6.07) is 10.1.